The molecule has 3 aromatic rings. The zero-order valence-electron chi connectivity index (χ0n) is 13.8. The van der Waals surface area contributed by atoms with E-state index in [-0.39, 0.29) is 18.0 Å². The van der Waals surface area contributed by atoms with Crippen molar-refractivity contribution in [1.82, 2.24) is 10.3 Å². The molecule has 1 aliphatic heterocycles. The maximum absolute atomic E-state index is 11.9. The van der Waals surface area contributed by atoms with Gasteiger partial charge in [-0.25, -0.2) is 14.8 Å². The second kappa shape index (κ2) is 6.83. The Morgan fingerprint density at radius 2 is 2.00 bits per heavy atom. The minimum atomic E-state index is -0.305. The number of rotatable bonds is 3. The molecule has 1 N–H and O–H groups in total. The number of benzene rings is 1. The second-order valence-electron chi connectivity index (χ2n) is 5.93. The summed E-state index contributed by atoms with van der Waals surface area (Å²) in [6.45, 7) is 1.88. The molecule has 7 heteroatoms. The first-order valence-corrected chi connectivity index (χ1v) is 9.76. The molecule has 0 spiro atoms. The number of thiophene rings is 1. The normalized spacial score (nSPS) is 19.5. The van der Waals surface area contributed by atoms with Crippen LogP contribution in [0.3, 0.4) is 0 Å². The zero-order valence-corrected chi connectivity index (χ0v) is 15.5. The molecule has 128 valence electrons. The van der Waals surface area contributed by atoms with Crippen molar-refractivity contribution < 1.29 is 4.79 Å². The van der Waals surface area contributed by atoms with Gasteiger partial charge >= 0.3 is 6.03 Å². The Kier molecular flexibility index (Phi) is 4.37. The van der Waals surface area contributed by atoms with E-state index in [4.69, 9.17) is 10.2 Å². The van der Waals surface area contributed by atoms with E-state index in [0.717, 1.165) is 26.9 Å². The Bertz CT molecular complexity index is 1010. The minimum Gasteiger partial charge on any atom is -0.328 e. The molecule has 0 saturated carbocycles. The first kappa shape index (κ1) is 16.6. The average molecular weight is 378 g/mol. The molecule has 0 bridgehead atoms. The van der Waals surface area contributed by atoms with Gasteiger partial charge < -0.3 is 5.32 Å². The number of nitriles is 1. The maximum Gasteiger partial charge on any atom is 0.341 e. The van der Waals surface area contributed by atoms with E-state index in [0.29, 0.717) is 5.56 Å². The third kappa shape index (κ3) is 3.05. The number of amides is 2. The maximum atomic E-state index is 11.9. The highest BCUT2D eigenvalue weighted by atomic mass is 32.1. The largest absolute Gasteiger partial charge is 0.341 e. The molecular formula is C19H14N4OS2. The standard InChI is InChI=1S/C19H14N4OS2/c1-11-16(17(23-19(24)21-11)15-3-2-8-25-15)18-22-14(10-26-18)13-6-4-12(9-20)5-7-13/h2-8,10,16-17H,1H3,(H,23,24). The number of urea groups is 1. The van der Waals surface area contributed by atoms with Crippen LogP contribution in [0.1, 0.15) is 34.3 Å². The Hall–Kier alpha value is -2.82. The number of hydrogen-bond acceptors (Lipinski definition) is 5. The van der Waals surface area contributed by atoms with Crippen LogP contribution in [0.25, 0.3) is 11.3 Å². The highest BCUT2D eigenvalue weighted by Gasteiger charge is 2.35. The van der Waals surface area contributed by atoms with Gasteiger partial charge in [-0.05, 0) is 30.5 Å². The van der Waals surface area contributed by atoms with Crippen LogP contribution >= 0.6 is 22.7 Å². The molecule has 26 heavy (non-hydrogen) atoms. The summed E-state index contributed by atoms with van der Waals surface area (Å²) in [7, 11) is 0. The van der Waals surface area contributed by atoms with Crippen molar-refractivity contribution in [2.45, 2.75) is 18.9 Å². The van der Waals surface area contributed by atoms with E-state index in [9.17, 15) is 4.79 Å². The van der Waals surface area contributed by atoms with E-state index in [1.807, 2.05) is 41.9 Å². The van der Waals surface area contributed by atoms with Crippen molar-refractivity contribution in [3.8, 4) is 17.3 Å². The summed E-state index contributed by atoms with van der Waals surface area (Å²) in [6, 6.07) is 13.0. The fourth-order valence-corrected chi connectivity index (χ4v) is 4.86. The van der Waals surface area contributed by atoms with Gasteiger partial charge in [0.25, 0.3) is 0 Å². The van der Waals surface area contributed by atoms with E-state index in [2.05, 4.69) is 16.4 Å². The number of nitrogens with one attached hydrogen (secondary N) is 1. The first-order valence-electron chi connectivity index (χ1n) is 8.01. The molecule has 2 atom stereocenters. The lowest BCUT2D eigenvalue weighted by molar-refractivity contribution is 0.243. The van der Waals surface area contributed by atoms with Crippen LogP contribution in [0.5, 0.6) is 0 Å². The van der Waals surface area contributed by atoms with E-state index in [1.54, 1.807) is 34.8 Å². The highest BCUT2D eigenvalue weighted by molar-refractivity contribution is 7.10. The van der Waals surface area contributed by atoms with Crippen LogP contribution in [-0.2, 0) is 0 Å². The third-order valence-corrected chi connectivity index (χ3v) is 6.17. The summed E-state index contributed by atoms with van der Waals surface area (Å²) in [5, 5.41) is 16.8. The summed E-state index contributed by atoms with van der Waals surface area (Å²) < 4.78 is 0. The number of aromatic nitrogens is 1. The molecule has 2 amide bonds. The fraction of sp³-hybridized carbons (Fsp3) is 0.158. The molecule has 2 unspecified atom stereocenters. The molecule has 2 aromatic heterocycles. The molecule has 0 fully saturated rings. The van der Waals surface area contributed by atoms with Crippen LogP contribution < -0.4 is 5.32 Å². The fourth-order valence-electron chi connectivity index (χ4n) is 3.02. The topological polar surface area (TPSA) is 78.1 Å². The number of thiazole rings is 1. The van der Waals surface area contributed by atoms with Gasteiger partial charge in [-0.3, -0.25) is 0 Å². The molecular weight excluding hydrogens is 364 g/mol. The SMILES string of the molecule is CC1=NC(=O)NC(c2cccs2)C1c1nc(-c2ccc(C#N)cc2)cs1. The van der Waals surface area contributed by atoms with Crippen molar-refractivity contribution in [1.29, 1.82) is 5.26 Å². The summed E-state index contributed by atoms with van der Waals surface area (Å²) >= 11 is 3.18. The van der Waals surface area contributed by atoms with Gasteiger partial charge in [0.2, 0.25) is 0 Å². The number of hydrogen-bond donors (Lipinski definition) is 1. The van der Waals surface area contributed by atoms with Crippen molar-refractivity contribution >= 4 is 34.4 Å². The van der Waals surface area contributed by atoms with E-state index < -0.39 is 0 Å². The molecule has 0 aliphatic carbocycles. The smallest absolute Gasteiger partial charge is 0.328 e. The van der Waals surface area contributed by atoms with Gasteiger partial charge in [0.1, 0.15) is 5.01 Å². The average Bonchev–Trinajstić information content (AvgIpc) is 3.33. The van der Waals surface area contributed by atoms with Crippen LogP contribution in [0.15, 0.2) is 52.2 Å². The lowest BCUT2D eigenvalue weighted by Gasteiger charge is -2.28. The van der Waals surface area contributed by atoms with Crippen molar-refractivity contribution in [2.75, 3.05) is 0 Å². The molecule has 0 saturated heterocycles. The van der Waals surface area contributed by atoms with Gasteiger partial charge in [0.05, 0.1) is 29.3 Å². The summed E-state index contributed by atoms with van der Waals surface area (Å²) in [5.74, 6) is -0.0801. The second-order valence-corrected chi connectivity index (χ2v) is 7.80. The molecule has 4 rings (SSSR count). The van der Waals surface area contributed by atoms with Gasteiger partial charge in [-0.15, -0.1) is 22.7 Å². The van der Waals surface area contributed by atoms with Gasteiger partial charge in [0, 0.05) is 21.5 Å². The van der Waals surface area contributed by atoms with Crippen LogP contribution in [0.4, 0.5) is 4.79 Å². The predicted molar refractivity (Wildman–Crippen MR) is 104 cm³/mol. The molecule has 1 aliphatic rings. The first-order chi connectivity index (χ1) is 12.7. The van der Waals surface area contributed by atoms with Crippen molar-refractivity contribution in [3.05, 3.63) is 62.6 Å². The summed E-state index contributed by atoms with van der Waals surface area (Å²) in [5.41, 5.74) is 3.23. The van der Waals surface area contributed by atoms with E-state index in [1.165, 1.54) is 0 Å². The van der Waals surface area contributed by atoms with Crippen molar-refractivity contribution in [2.24, 2.45) is 4.99 Å². The minimum absolute atomic E-state index is 0.0801. The van der Waals surface area contributed by atoms with Crippen LogP contribution in [0, 0.1) is 11.3 Å². The number of carbonyl (C=O) groups excluding carboxylic acids is 1. The van der Waals surface area contributed by atoms with Gasteiger partial charge in [0.15, 0.2) is 0 Å². The lowest BCUT2D eigenvalue weighted by Crippen LogP contribution is -2.38. The van der Waals surface area contributed by atoms with Crippen LogP contribution in [-0.4, -0.2) is 16.7 Å². The van der Waals surface area contributed by atoms with E-state index >= 15 is 0 Å². The van der Waals surface area contributed by atoms with Gasteiger partial charge in [-0.2, -0.15) is 5.26 Å². The predicted octanol–water partition coefficient (Wildman–Crippen LogP) is 4.75. The van der Waals surface area contributed by atoms with Crippen LogP contribution in [0.2, 0.25) is 0 Å². The number of carbonyl (C=O) groups is 1. The third-order valence-electron chi connectivity index (χ3n) is 4.29. The summed E-state index contributed by atoms with van der Waals surface area (Å²) in [6.07, 6.45) is 0. The summed E-state index contributed by atoms with van der Waals surface area (Å²) in [4.78, 5) is 21.9. The Balaban J connectivity index is 1.71. The van der Waals surface area contributed by atoms with Gasteiger partial charge in [-0.1, -0.05) is 18.2 Å². The molecule has 1 aromatic carbocycles. The highest BCUT2D eigenvalue weighted by Crippen LogP contribution is 2.39. The number of aliphatic imine (C=N–C) groups is 1. The number of nitrogens with zero attached hydrogens (tertiary/aromatic N) is 3. The quantitative estimate of drug-likeness (QED) is 0.714. The Morgan fingerprint density at radius 1 is 1.19 bits per heavy atom. The lowest BCUT2D eigenvalue weighted by atomic mass is 9.93. The Labute approximate surface area is 158 Å². The molecule has 0 radical (unpaired) electrons. The zero-order chi connectivity index (χ0) is 18.1. The van der Waals surface area contributed by atoms with Crippen molar-refractivity contribution in [3.63, 3.8) is 0 Å². The molecule has 5 nitrogen and oxygen atoms in total. The Morgan fingerprint density at radius 3 is 2.69 bits per heavy atom. The molecule has 3 heterocycles. The monoisotopic (exact) mass is 378 g/mol.